The van der Waals surface area contributed by atoms with Crippen LogP contribution in [0.15, 0.2) is 12.2 Å². The maximum Gasteiger partial charge on any atom is 0.384 e. The number of carbonyl (C=O) groups excluding carboxylic acids is 1. The third-order valence-electron chi connectivity index (χ3n) is 4.14. The van der Waals surface area contributed by atoms with E-state index in [1.54, 1.807) is 0 Å². The van der Waals surface area contributed by atoms with Crippen LogP contribution in [-0.2, 0) is 14.3 Å². The average molecular weight is 574 g/mol. The minimum absolute atomic E-state index is 0.373. The number of hydrogen-bond acceptors (Lipinski definition) is 4. The van der Waals surface area contributed by atoms with Crippen molar-refractivity contribution in [2.45, 2.75) is 60.9 Å². The second-order valence-electron chi connectivity index (χ2n) is 7.01. The van der Waals surface area contributed by atoms with E-state index in [9.17, 15) is 75.0 Å². The van der Waals surface area contributed by atoms with Crippen LogP contribution in [0.3, 0.4) is 0 Å². The summed E-state index contributed by atoms with van der Waals surface area (Å²) in [4.78, 5) is 11.2. The molecule has 0 fully saturated rings. The molecule has 36 heavy (non-hydrogen) atoms. The highest BCUT2D eigenvalue weighted by molar-refractivity contribution is 5.87. The van der Waals surface area contributed by atoms with Crippen molar-refractivity contribution in [1.29, 1.82) is 0 Å². The van der Waals surface area contributed by atoms with E-state index < -0.39 is 79.8 Å². The zero-order valence-electron chi connectivity index (χ0n) is 17.2. The summed E-state index contributed by atoms with van der Waals surface area (Å²) < 4.78 is 219. The highest BCUT2D eigenvalue weighted by atomic mass is 19.4. The van der Waals surface area contributed by atoms with Crippen molar-refractivity contribution < 1.29 is 89.6 Å². The number of ether oxygens (including phenoxy) is 2. The zero-order chi connectivity index (χ0) is 29.3. The Kier molecular flexibility index (Phi) is 9.83. The molecule has 0 aliphatic rings. The largest absolute Gasteiger partial charge is 0.454 e. The average Bonchev–Trinajstić information content (AvgIpc) is 2.71. The molecule has 4 nitrogen and oxygen atoms in total. The van der Waals surface area contributed by atoms with Gasteiger partial charge in [-0.15, -0.1) is 0 Å². The van der Waals surface area contributed by atoms with Crippen LogP contribution < -0.4 is 0 Å². The minimum Gasteiger partial charge on any atom is -0.454 e. The topological polar surface area (TPSA) is 55.8 Å². The molecule has 0 amide bonds. The summed E-state index contributed by atoms with van der Waals surface area (Å²) in [5.41, 5.74) is -0.373. The molecule has 0 heterocycles. The van der Waals surface area contributed by atoms with Crippen molar-refractivity contribution >= 4 is 5.97 Å². The summed E-state index contributed by atoms with van der Waals surface area (Å²) in [6.45, 7) is -1.90. The first-order valence-electron chi connectivity index (χ1n) is 8.68. The molecule has 0 aromatic heterocycles. The van der Waals surface area contributed by atoms with E-state index in [2.05, 4.69) is 16.1 Å². The third kappa shape index (κ3) is 5.47. The smallest absolute Gasteiger partial charge is 0.384 e. The summed E-state index contributed by atoms with van der Waals surface area (Å²) in [7, 11) is 0. The Labute approximate surface area is 189 Å². The molecule has 0 aliphatic heterocycles. The van der Waals surface area contributed by atoms with Crippen molar-refractivity contribution in [2.75, 3.05) is 19.8 Å². The Hall–Kier alpha value is -1.99. The number of aliphatic hydroxyl groups excluding tert-OH is 1. The lowest BCUT2D eigenvalue weighted by Gasteiger charge is -2.42. The Morgan fingerprint density at radius 1 is 0.778 bits per heavy atom. The van der Waals surface area contributed by atoms with E-state index >= 15 is 0 Å². The Bertz CT molecular complexity index is 795. The number of esters is 1. The summed E-state index contributed by atoms with van der Waals surface area (Å²) in [5.74, 6) is -56.7. The van der Waals surface area contributed by atoms with Gasteiger partial charge in [-0.2, -0.15) is 61.5 Å². The molecule has 0 bridgehead atoms. The quantitative estimate of drug-likeness (QED) is 0.176. The van der Waals surface area contributed by atoms with E-state index in [4.69, 9.17) is 5.11 Å². The molecule has 0 radical (unpaired) electrons. The first-order chi connectivity index (χ1) is 15.7. The lowest BCUT2D eigenvalue weighted by molar-refractivity contribution is -0.448. The van der Waals surface area contributed by atoms with Gasteiger partial charge in [0, 0.05) is 5.57 Å². The van der Waals surface area contributed by atoms with Gasteiger partial charge < -0.3 is 14.6 Å². The van der Waals surface area contributed by atoms with E-state index in [1.165, 1.54) is 0 Å². The summed E-state index contributed by atoms with van der Waals surface area (Å²) >= 11 is 0. The molecule has 20 heteroatoms. The number of alkyl halides is 16. The van der Waals surface area contributed by atoms with Gasteiger partial charge in [-0.1, -0.05) is 6.58 Å². The summed E-state index contributed by atoms with van der Waals surface area (Å²) in [5, 5.41) is 8.84. The molecule has 0 rings (SSSR count). The number of hydrogen-bond donors (Lipinski definition) is 1. The van der Waals surface area contributed by atoms with Crippen LogP contribution >= 0.6 is 0 Å². The van der Waals surface area contributed by atoms with Gasteiger partial charge in [0.05, 0.1) is 13.2 Å². The monoisotopic (exact) mass is 574 g/mol. The standard InChI is InChI=1S/C16H14F16O4/c1-6(2)8(34)36-7(3-33)4-35-5-10(19,20)12(23,24)14(27,28)16(31,32)15(29,30)13(25,26)11(21,22)9(17)18/h7,9,33H,1,3-5H2,2H3. The Balaban J connectivity index is 6.07. The van der Waals surface area contributed by atoms with Gasteiger partial charge in [-0.25, -0.2) is 13.6 Å². The Morgan fingerprint density at radius 3 is 1.53 bits per heavy atom. The number of rotatable bonds is 14. The maximum absolute atomic E-state index is 13.7. The van der Waals surface area contributed by atoms with E-state index in [-0.39, 0.29) is 5.57 Å². The summed E-state index contributed by atoms with van der Waals surface area (Å²) in [6.07, 6.45) is -7.91. The molecule has 214 valence electrons. The molecule has 1 atom stereocenters. The van der Waals surface area contributed by atoms with Crippen molar-refractivity contribution in [3.05, 3.63) is 12.2 Å². The molecular formula is C16H14F16O4. The van der Waals surface area contributed by atoms with Crippen LogP contribution in [0.25, 0.3) is 0 Å². The van der Waals surface area contributed by atoms with Gasteiger partial charge in [0.25, 0.3) is 0 Å². The van der Waals surface area contributed by atoms with Crippen molar-refractivity contribution in [2.24, 2.45) is 0 Å². The molecule has 0 aromatic carbocycles. The second-order valence-corrected chi connectivity index (χ2v) is 7.01. The van der Waals surface area contributed by atoms with Gasteiger partial charge in [-0.3, -0.25) is 0 Å². The fraction of sp³-hybridized carbons (Fsp3) is 0.812. The molecule has 1 unspecified atom stereocenters. The number of carbonyl (C=O) groups is 1. The van der Waals surface area contributed by atoms with Crippen LogP contribution in [0, 0.1) is 0 Å². The molecule has 0 aromatic rings. The predicted octanol–water partition coefficient (Wildman–Crippen LogP) is 5.20. The fourth-order valence-corrected chi connectivity index (χ4v) is 1.95. The first-order valence-corrected chi connectivity index (χ1v) is 8.68. The van der Waals surface area contributed by atoms with Gasteiger partial charge in [0.2, 0.25) is 0 Å². The molecule has 0 aliphatic carbocycles. The van der Waals surface area contributed by atoms with Crippen molar-refractivity contribution in [1.82, 2.24) is 0 Å². The van der Waals surface area contributed by atoms with E-state index in [0.29, 0.717) is 0 Å². The van der Waals surface area contributed by atoms with E-state index in [1.807, 2.05) is 0 Å². The normalized spacial score (nSPS) is 15.8. The maximum atomic E-state index is 13.7. The van der Waals surface area contributed by atoms with Crippen LogP contribution in [-0.4, -0.2) is 84.9 Å². The number of halogens is 16. The SMILES string of the molecule is C=C(C)C(=O)OC(CO)COCC(F)(F)C(F)(F)C(F)(F)C(F)(F)C(F)(F)C(F)(F)C(F)(F)C(F)F. The van der Waals surface area contributed by atoms with Gasteiger partial charge in [0.15, 0.2) is 0 Å². The molecule has 0 spiro atoms. The van der Waals surface area contributed by atoms with Crippen LogP contribution in [0.2, 0.25) is 0 Å². The highest BCUT2D eigenvalue weighted by Crippen LogP contribution is 2.62. The van der Waals surface area contributed by atoms with Gasteiger partial charge >= 0.3 is 53.9 Å². The second kappa shape index (κ2) is 10.4. The first kappa shape index (κ1) is 34.0. The van der Waals surface area contributed by atoms with Crippen LogP contribution in [0.5, 0.6) is 0 Å². The highest BCUT2D eigenvalue weighted by Gasteiger charge is 2.93. The predicted molar refractivity (Wildman–Crippen MR) is 83.2 cm³/mol. The van der Waals surface area contributed by atoms with Gasteiger partial charge in [-0.05, 0) is 6.92 Å². The Morgan fingerprint density at radius 2 is 1.17 bits per heavy atom. The van der Waals surface area contributed by atoms with Crippen molar-refractivity contribution in [3.63, 3.8) is 0 Å². The third-order valence-corrected chi connectivity index (χ3v) is 4.14. The molecule has 0 saturated carbocycles. The van der Waals surface area contributed by atoms with Crippen molar-refractivity contribution in [3.8, 4) is 0 Å². The molecule has 1 N–H and O–H groups in total. The molecule has 0 saturated heterocycles. The van der Waals surface area contributed by atoms with Crippen LogP contribution in [0.4, 0.5) is 70.2 Å². The van der Waals surface area contributed by atoms with E-state index in [0.717, 1.165) is 6.92 Å². The number of aliphatic hydroxyl groups is 1. The lowest BCUT2D eigenvalue weighted by atomic mass is 9.89. The zero-order valence-corrected chi connectivity index (χ0v) is 17.2. The molecular weight excluding hydrogens is 560 g/mol. The summed E-state index contributed by atoms with van der Waals surface area (Å²) in [6, 6.07) is 0. The lowest BCUT2D eigenvalue weighted by Crippen LogP contribution is -2.74. The van der Waals surface area contributed by atoms with Gasteiger partial charge in [0.1, 0.15) is 12.7 Å². The van der Waals surface area contributed by atoms with Crippen LogP contribution in [0.1, 0.15) is 6.92 Å². The fourth-order valence-electron chi connectivity index (χ4n) is 1.95. The minimum atomic E-state index is -8.50.